The average molecular weight is 312 g/mol. The molecule has 0 radical (unpaired) electrons. The zero-order valence-corrected chi connectivity index (χ0v) is 13.3. The summed E-state index contributed by atoms with van der Waals surface area (Å²) in [5.74, 6) is 1.47. The van der Waals surface area contributed by atoms with Crippen LogP contribution in [0.3, 0.4) is 0 Å². The highest BCUT2D eigenvalue weighted by Gasteiger charge is 2.13. The van der Waals surface area contributed by atoms with E-state index in [0.29, 0.717) is 6.54 Å². The summed E-state index contributed by atoms with van der Waals surface area (Å²) in [4.78, 5) is 12.1. The van der Waals surface area contributed by atoms with E-state index in [1.807, 2.05) is 50.2 Å². The Labute approximate surface area is 135 Å². The normalized spacial score (nSPS) is 12.3. The summed E-state index contributed by atoms with van der Waals surface area (Å²) < 4.78 is 10.6. The van der Waals surface area contributed by atoms with Crippen LogP contribution in [0.1, 0.15) is 16.7 Å². The largest absolute Gasteiger partial charge is 0.454 e. The molecule has 1 amide bonds. The maximum atomic E-state index is 12.1. The minimum atomic E-state index is -0.0526. The molecule has 0 aliphatic carbocycles. The molecule has 1 aliphatic heterocycles. The van der Waals surface area contributed by atoms with Crippen LogP contribution in [0.5, 0.6) is 11.5 Å². The summed E-state index contributed by atoms with van der Waals surface area (Å²) in [6, 6.07) is 11.7. The zero-order chi connectivity index (χ0) is 16.2. The van der Waals surface area contributed by atoms with E-state index in [4.69, 9.17) is 9.47 Å². The molecule has 0 aromatic heterocycles. The van der Waals surface area contributed by atoms with Crippen LogP contribution in [-0.2, 0) is 11.3 Å². The number of ether oxygens (including phenoxy) is 2. The van der Waals surface area contributed by atoms with E-state index >= 15 is 0 Å². The average Bonchev–Trinajstić information content (AvgIpc) is 2.99. The van der Waals surface area contributed by atoms with E-state index in [0.717, 1.165) is 33.9 Å². The number of para-hydroxylation sites is 1. The van der Waals surface area contributed by atoms with Crippen LogP contribution in [0.25, 0.3) is 0 Å². The first-order valence-electron chi connectivity index (χ1n) is 7.59. The van der Waals surface area contributed by atoms with Crippen molar-refractivity contribution in [3.05, 3.63) is 53.1 Å². The van der Waals surface area contributed by atoms with Crippen molar-refractivity contribution < 1.29 is 14.3 Å². The van der Waals surface area contributed by atoms with E-state index in [1.165, 1.54) is 0 Å². The summed E-state index contributed by atoms with van der Waals surface area (Å²) in [6.07, 6.45) is 0. The lowest BCUT2D eigenvalue weighted by Crippen LogP contribution is -2.28. The number of benzene rings is 2. The van der Waals surface area contributed by atoms with E-state index in [9.17, 15) is 4.79 Å². The van der Waals surface area contributed by atoms with E-state index in [1.54, 1.807) is 0 Å². The molecule has 2 aromatic carbocycles. The van der Waals surface area contributed by atoms with Crippen molar-refractivity contribution in [1.29, 1.82) is 0 Å². The maximum absolute atomic E-state index is 12.1. The number of aryl methyl sites for hydroxylation is 2. The number of anilines is 1. The molecule has 3 rings (SSSR count). The third-order valence-electron chi connectivity index (χ3n) is 3.80. The summed E-state index contributed by atoms with van der Waals surface area (Å²) in [7, 11) is 0. The fourth-order valence-electron chi connectivity index (χ4n) is 2.57. The number of nitrogens with one attached hydrogen (secondary N) is 2. The highest BCUT2D eigenvalue weighted by atomic mass is 16.7. The third kappa shape index (κ3) is 3.63. The Morgan fingerprint density at radius 3 is 2.61 bits per heavy atom. The van der Waals surface area contributed by atoms with Crippen LogP contribution >= 0.6 is 0 Å². The summed E-state index contributed by atoms with van der Waals surface area (Å²) in [5, 5.41) is 6.10. The van der Waals surface area contributed by atoms with Gasteiger partial charge < -0.3 is 20.1 Å². The molecule has 2 N–H and O–H groups in total. The molecule has 0 unspecified atom stereocenters. The van der Waals surface area contributed by atoms with Gasteiger partial charge in [0.05, 0.1) is 6.54 Å². The van der Waals surface area contributed by atoms with Gasteiger partial charge >= 0.3 is 0 Å². The molecule has 1 aliphatic rings. The fraction of sp³-hybridized carbons (Fsp3) is 0.278. The molecule has 0 spiro atoms. The summed E-state index contributed by atoms with van der Waals surface area (Å²) in [6.45, 7) is 5.09. The summed E-state index contributed by atoms with van der Waals surface area (Å²) in [5.41, 5.74) is 4.07. The lowest BCUT2D eigenvalue weighted by Gasteiger charge is -2.12. The zero-order valence-electron chi connectivity index (χ0n) is 13.3. The first kappa shape index (κ1) is 15.4. The lowest BCUT2D eigenvalue weighted by molar-refractivity contribution is -0.115. The minimum absolute atomic E-state index is 0.0526. The molecule has 120 valence electrons. The predicted molar refractivity (Wildman–Crippen MR) is 88.8 cm³/mol. The molecular formula is C18H20N2O3. The Morgan fingerprint density at radius 2 is 1.83 bits per heavy atom. The molecule has 0 atom stereocenters. The lowest BCUT2D eigenvalue weighted by atomic mass is 10.1. The van der Waals surface area contributed by atoms with Gasteiger partial charge in [-0.15, -0.1) is 0 Å². The smallest absolute Gasteiger partial charge is 0.238 e. The van der Waals surface area contributed by atoms with E-state index in [-0.39, 0.29) is 19.2 Å². The maximum Gasteiger partial charge on any atom is 0.238 e. The van der Waals surface area contributed by atoms with Crippen molar-refractivity contribution in [1.82, 2.24) is 5.32 Å². The van der Waals surface area contributed by atoms with Gasteiger partial charge in [0.15, 0.2) is 11.5 Å². The molecule has 1 heterocycles. The number of fused-ring (bicyclic) bond motifs is 1. The van der Waals surface area contributed by atoms with E-state index < -0.39 is 0 Å². The fourth-order valence-corrected chi connectivity index (χ4v) is 2.57. The first-order valence-corrected chi connectivity index (χ1v) is 7.59. The van der Waals surface area contributed by atoms with Crippen LogP contribution in [0.15, 0.2) is 36.4 Å². The topological polar surface area (TPSA) is 59.6 Å². The van der Waals surface area contributed by atoms with Gasteiger partial charge in [-0.3, -0.25) is 4.79 Å². The van der Waals surface area contributed by atoms with Gasteiger partial charge in [-0.1, -0.05) is 24.3 Å². The quantitative estimate of drug-likeness (QED) is 0.891. The second-order valence-corrected chi connectivity index (χ2v) is 5.61. The number of carbonyl (C=O) groups is 1. The van der Waals surface area contributed by atoms with Gasteiger partial charge in [-0.2, -0.15) is 0 Å². The molecule has 5 heteroatoms. The molecule has 5 nitrogen and oxygen atoms in total. The SMILES string of the molecule is Cc1cccc(C)c1NC(=O)CNCc1ccc2c(c1)OCO2. The Morgan fingerprint density at radius 1 is 1.09 bits per heavy atom. The monoisotopic (exact) mass is 312 g/mol. The molecule has 0 bridgehead atoms. The van der Waals surface area contributed by atoms with Gasteiger partial charge in [0, 0.05) is 12.2 Å². The molecule has 0 saturated carbocycles. The molecule has 23 heavy (non-hydrogen) atoms. The standard InChI is InChI=1S/C18H20N2O3/c1-12-4-3-5-13(2)18(12)20-17(21)10-19-9-14-6-7-15-16(8-14)23-11-22-15/h3-8,19H,9-11H2,1-2H3,(H,20,21). The van der Waals surface area contributed by atoms with Gasteiger partial charge in [-0.05, 0) is 42.7 Å². The molecule has 0 saturated heterocycles. The van der Waals surface area contributed by atoms with Crippen molar-refractivity contribution in [3.8, 4) is 11.5 Å². The second-order valence-electron chi connectivity index (χ2n) is 5.61. The Balaban J connectivity index is 1.51. The van der Waals surface area contributed by atoms with Crippen molar-refractivity contribution in [3.63, 3.8) is 0 Å². The van der Waals surface area contributed by atoms with Crippen LogP contribution in [0, 0.1) is 13.8 Å². The summed E-state index contributed by atoms with van der Waals surface area (Å²) >= 11 is 0. The van der Waals surface area contributed by atoms with Crippen molar-refractivity contribution >= 4 is 11.6 Å². The second kappa shape index (κ2) is 6.71. The van der Waals surface area contributed by atoms with Crippen molar-refractivity contribution in [2.75, 3.05) is 18.7 Å². The van der Waals surface area contributed by atoms with Crippen LogP contribution in [0.2, 0.25) is 0 Å². The Kier molecular flexibility index (Phi) is 4.48. The van der Waals surface area contributed by atoms with Crippen LogP contribution in [0.4, 0.5) is 5.69 Å². The highest BCUT2D eigenvalue weighted by Crippen LogP contribution is 2.32. The van der Waals surface area contributed by atoms with Crippen LogP contribution < -0.4 is 20.1 Å². The third-order valence-corrected chi connectivity index (χ3v) is 3.80. The van der Waals surface area contributed by atoms with Crippen LogP contribution in [-0.4, -0.2) is 19.2 Å². The van der Waals surface area contributed by atoms with Gasteiger partial charge in [-0.25, -0.2) is 0 Å². The predicted octanol–water partition coefficient (Wildman–Crippen LogP) is 2.76. The van der Waals surface area contributed by atoms with Crippen molar-refractivity contribution in [2.45, 2.75) is 20.4 Å². The first-order chi connectivity index (χ1) is 11.1. The Bertz CT molecular complexity index is 708. The molecule has 2 aromatic rings. The number of rotatable bonds is 5. The number of amides is 1. The van der Waals surface area contributed by atoms with E-state index in [2.05, 4.69) is 10.6 Å². The van der Waals surface area contributed by atoms with Crippen molar-refractivity contribution in [2.24, 2.45) is 0 Å². The van der Waals surface area contributed by atoms with Gasteiger partial charge in [0.1, 0.15) is 0 Å². The number of hydrogen-bond donors (Lipinski definition) is 2. The molecule has 0 fully saturated rings. The number of hydrogen-bond acceptors (Lipinski definition) is 4. The molecular weight excluding hydrogens is 292 g/mol. The Hall–Kier alpha value is -2.53. The van der Waals surface area contributed by atoms with Gasteiger partial charge in [0.2, 0.25) is 12.7 Å². The van der Waals surface area contributed by atoms with Gasteiger partial charge in [0.25, 0.3) is 0 Å². The highest BCUT2D eigenvalue weighted by molar-refractivity contribution is 5.93. The minimum Gasteiger partial charge on any atom is -0.454 e. The number of carbonyl (C=O) groups excluding carboxylic acids is 1.